The number of benzene rings is 1. The summed E-state index contributed by atoms with van der Waals surface area (Å²) in [5, 5.41) is 3.13. The van der Waals surface area contributed by atoms with Crippen LogP contribution >= 0.6 is 0 Å². The van der Waals surface area contributed by atoms with Crippen molar-refractivity contribution in [3.63, 3.8) is 0 Å². The van der Waals surface area contributed by atoms with Crippen molar-refractivity contribution in [2.45, 2.75) is 38.6 Å². The minimum absolute atomic E-state index is 0.193. The van der Waals surface area contributed by atoms with Crippen molar-refractivity contribution in [1.82, 2.24) is 15.1 Å². The van der Waals surface area contributed by atoms with Gasteiger partial charge in [0.2, 0.25) is 0 Å². The molecule has 3 N–H and O–H groups in total. The van der Waals surface area contributed by atoms with E-state index in [1.165, 1.54) is 17.7 Å². The fourth-order valence-electron chi connectivity index (χ4n) is 3.83. The molecule has 3 rings (SSSR count). The smallest absolute Gasteiger partial charge is 0.261 e. The first kappa shape index (κ1) is 19.4. The molecule has 0 aromatic heterocycles. The molecule has 2 aliphatic heterocycles. The van der Waals surface area contributed by atoms with Crippen LogP contribution in [0.3, 0.4) is 0 Å². The van der Waals surface area contributed by atoms with Crippen molar-refractivity contribution in [3.05, 3.63) is 35.4 Å². The molecule has 2 heterocycles. The number of carbonyl (C=O) groups excluding carboxylic acids is 2. The number of unbranched alkanes of at least 4 members (excludes halogenated alkanes) is 1. The monoisotopic (exact) mass is 371 g/mol. The molecule has 1 unspecified atom stereocenters. The first-order valence-electron chi connectivity index (χ1n) is 9.85. The molecule has 0 radical (unpaired) electrons. The Labute approximate surface area is 160 Å². The summed E-state index contributed by atoms with van der Waals surface area (Å²) in [5.74, 6) is 0.0852. The SMILES string of the molecule is CCN1CCCC1CN=C(N)NCCCCN1C(=O)c2ccccc2C1=O. The molecule has 2 aliphatic rings. The number of fused-ring (bicyclic) bond motifs is 1. The molecule has 27 heavy (non-hydrogen) atoms. The van der Waals surface area contributed by atoms with Crippen LogP contribution in [0.2, 0.25) is 0 Å². The van der Waals surface area contributed by atoms with E-state index in [1.54, 1.807) is 24.3 Å². The Bertz CT molecular complexity index is 683. The van der Waals surface area contributed by atoms with Crippen LogP contribution in [0.25, 0.3) is 0 Å². The number of guanidine groups is 1. The van der Waals surface area contributed by atoms with E-state index >= 15 is 0 Å². The largest absolute Gasteiger partial charge is 0.370 e. The average molecular weight is 371 g/mol. The minimum Gasteiger partial charge on any atom is -0.370 e. The Morgan fingerprint density at radius 1 is 1.22 bits per heavy atom. The van der Waals surface area contributed by atoms with Crippen LogP contribution in [0.1, 0.15) is 53.3 Å². The molecule has 1 aromatic rings. The second-order valence-electron chi connectivity index (χ2n) is 7.09. The highest BCUT2D eigenvalue weighted by Gasteiger charge is 2.34. The van der Waals surface area contributed by atoms with E-state index in [0.717, 1.165) is 32.5 Å². The van der Waals surface area contributed by atoms with E-state index in [2.05, 4.69) is 22.1 Å². The first-order chi connectivity index (χ1) is 13.1. The van der Waals surface area contributed by atoms with Gasteiger partial charge in [-0.3, -0.25) is 24.4 Å². The predicted molar refractivity (Wildman–Crippen MR) is 106 cm³/mol. The summed E-state index contributed by atoms with van der Waals surface area (Å²) in [6.07, 6.45) is 3.97. The van der Waals surface area contributed by atoms with E-state index in [0.29, 0.717) is 36.2 Å². The van der Waals surface area contributed by atoms with Crippen LogP contribution in [0.15, 0.2) is 29.3 Å². The second-order valence-corrected chi connectivity index (χ2v) is 7.09. The van der Waals surface area contributed by atoms with Crippen molar-refractivity contribution in [2.75, 3.05) is 32.7 Å². The number of carbonyl (C=O) groups is 2. The van der Waals surface area contributed by atoms with Crippen LogP contribution < -0.4 is 11.1 Å². The Balaban J connectivity index is 1.36. The standard InChI is InChI=1S/C20H29N5O2/c1-2-24-12-7-8-15(24)14-23-20(21)22-11-5-6-13-25-18(26)16-9-3-4-10-17(16)19(25)27/h3-4,9-10,15H,2,5-8,11-14H2,1H3,(H3,21,22,23). The maximum absolute atomic E-state index is 12.3. The molecule has 1 atom stereocenters. The number of amides is 2. The van der Waals surface area contributed by atoms with Gasteiger partial charge in [-0.25, -0.2) is 0 Å². The van der Waals surface area contributed by atoms with E-state index in [1.807, 2.05) is 0 Å². The zero-order valence-electron chi connectivity index (χ0n) is 16.0. The molecule has 0 saturated carbocycles. The van der Waals surface area contributed by atoms with E-state index < -0.39 is 0 Å². The zero-order valence-corrected chi connectivity index (χ0v) is 16.0. The molecule has 0 spiro atoms. The topological polar surface area (TPSA) is 91.0 Å². The third-order valence-electron chi connectivity index (χ3n) is 5.37. The van der Waals surface area contributed by atoms with Gasteiger partial charge in [-0.05, 0) is 50.9 Å². The van der Waals surface area contributed by atoms with Crippen LogP contribution in [-0.2, 0) is 0 Å². The Morgan fingerprint density at radius 2 is 1.93 bits per heavy atom. The summed E-state index contributed by atoms with van der Waals surface area (Å²) in [6.45, 7) is 6.24. The van der Waals surface area contributed by atoms with Gasteiger partial charge in [0.1, 0.15) is 0 Å². The van der Waals surface area contributed by atoms with Gasteiger partial charge in [0.05, 0.1) is 17.7 Å². The van der Waals surface area contributed by atoms with Crippen LogP contribution in [-0.4, -0.2) is 66.3 Å². The van der Waals surface area contributed by atoms with Gasteiger partial charge in [-0.1, -0.05) is 19.1 Å². The number of hydrogen-bond acceptors (Lipinski definition) is 4. The summed E-state index contributed by atoms with van der Waals surface area (Å²) >= 11 is 0. The molecule has 1 saturated heterocycles. The molecule has 7 nitrogen and oxygen atoms in total. The first-order valence-corrected chi connectivity index (χ1v) is 9.85. The summed E-state index contributed by atoms with van der Waals surface area (Å²) in [7, 11) is 0. The number of nitrogens with two attached hydrogens (primary N) is 1. The normalized spacial score (nSPS) is 20.4. The number of imide groups is 1. The van der Waals surface area contributed by atoms with Gasteiger partial charge >= 0.3 is 0 Å². The lowest BCUT2D eigenvalue weighted by atomic mass is 10.1. The molecule has 146 valence electrons. The number of likely N-dealkylation sites (tertiary alicyclic amines) is 1. The predicted octanol–water partition coefficient (Wildman–Crippen LogP) is 1.45. The lowest BCUT2D eigenvalue weighted by Crippen LogP contribution is -2.36. The third kappa shape index (κ3) is 4.47. The molecular formula is C20H29N5O2. The van der Waals surface area contributed by atoms with E-state index in [9.17, 15) is 9.59 Å². The quantitative estimate of drug-likeness (QED) is 0.312. The summed E-state index contributed by atoms with van der Waals surface area (Å²) in [4.78, 5) is 32.8. The lowest BCUT2D eigenvalue weighted by Gasteiger charge is -2.21. The Kier molecular flexibility index (Phi) is 6.45. The number of nitrogens with one attached hydrogen (secondary N) is 1. The maximum Gasteiger partial charge on any atom is 0.261 e. The number of aliphatic imine (C=N–C) groups is 1. The maximum atomic E-state index is 12.3. The summed E-state index contributed by atoms with van der Waals surface area (Å²) < 4.78 is 0. The molecule has 7 heteroatoms. The van der Waals surface area contributed by atoms with Gasteiger partial charge in [-0.15, -0.1) is 0 Å². The van der Waals surface area contributed by atoms with E-state index in [-0.39, 0.29) is 11.8 Å². The molecular weight excluding hydrogens is 342 g/mol. The van der Waals surface area contributed by atoms with Crippen molar-refractivity contribution >= 4 is 17.8 Å². The summed E-state index contributed by atoms with van der Waals surface area (Å²) in [5.41, 5.74) is 6.96. The second kappa shape index (κ2) is 8.99. The van der Waals surface area contributed by atoms with Crippen LogP contribution in [0.5, 0.6) is 0 Å². The third-order valence-corrected chi connectivity index (χ3v) is 5.37. The molecule has 0 bridgehead atoms. The highest BCUT2D eigenvalue weighted by molar-refractivity contribution is 6.21. The van der Waals surface area contributed by atoms with Crippen molar-refractivity contribution < 1.29 is 9.59 Å². The fraction of sp³-hybridized carbons (Fsp3) is 0.550. The van der Waals surface area contributed by atoms with Gasteiger partial charge in [0.15, 0.2) is 5.96 Å². The minimum atomic E-state index is -0.193. The fourth-order valence-corrected chi connectivity index (χ4v) is 3.83. The highest BCUT2D eigenvalue weighted by atomic mass is 16.2. The average Bonchev–Trinajstić information content (AvgIpc) is 3.24. The molecule has 2 amide bonds. The van der Waals surface area contributed by atoms with Crippen LogP contribution in [0, 0.1) is 0 Å². The number of likely N-dealkylation sites (N-methyl/N-ethyl adjacent to an activating group) is 1. The van der Waals surface area contributed by atoms with Crippen molar-refractivity contribution in [2.24, 2.45) is 10.7 Å². The zero-order chi connectivity index (χ0) is 19.2. The lowest BCUT2D eigenvalue weighted by molar-refractivity contribution is 0.0652. The van der Waals surface area contributed by atoms with Gasteiger partial charge in [0, 0.05) is 19.1 Å². The van der Waals surface area contributed by atoms with Gasteiger partial charge in [-0.2, -0.15) is 0 Å². The molecule has 1 aromatic carbocycles. The van der Waals surface area contributed by atoms with Gasteiger partial charge < -0.3 is 11.1 Å². The molecule has 1 fully saturated rings. The number of rotatable bonds is 8. The highest BCUT2D eigenvalue weighted by Crippen LogP contribution is 2.22. The Hall–Kier alpha value is -2.41. The number of nitrogens with zero attached hydrogens (tertiary/aromatic N) is 3. The number of hydrogen-bond donors (Lipinski definition) is 2. The van der Waals surface area contributed by atoms with E-state index in [4.69, 9.17) is 5.73 Å². The molecule has 0 aliphatic carbocycles. The Morgan fingerprint density at radius 3 is 2.59 bits per heavy atom. The summed E-state index contributed by atoms with van der Waals surface area (Å²) in [6, 6.07) is 7.48. The van der Waals surface area contributed by atoms with Crippen molar-refractivity contribution in [1.29, 1.82) is 0 Å². The van der Waals surface area contributed by atoms with Crippen molar-refractivity contribution in [3.8, 4) is 0 Å². The van der Waals surface area contributed by atoms with Crippen LogP contribution in [0.4, 0.5) is 0 Å². The van der Waals surface area contributed by atoms with Gasteiger partial charge in [0.25, 0.3) is 11.8 Å².